The summed E-state index contributed by atoms with van der Waals surface area (Å²) in [7, 11) is -2.34. The Hall–Kier alpha value is -1.68. The number of benzene rings is 1. The molecule has 0 atom stereocenters. The minimum atomic E-state index is -3.76. The van der Waals surface area contributed by atoms with Crippen molar-refractivity contribution >= 4 is 15.9 Å². The molecule has 2 aliphatic heterocycles. The molecule has 1 aromatic rings. The second kappa shape index (κ2) is 7.69. The Bertz CT molecular complexity index is 724. The molecule has 2 aliphatic rings. The third-order valence-corrected chi connectivity index (χ3v) is 6.22. The molecule has 0 saturated carbocycles. The molecule has 2 fully saturated rings. The van der Waals surface area contributed by atoms with Crippen LogP contribution in [0.15, 0.2) is 23.1 Å². The first-order valence-electron chi connectivity index (χ1n) is 8.17. The molecule has 2 saturated heterocycles. The Morgan fingerprint density at radius 2 is 1.64 bits per heavy atom. The van der Waals surface area contributed by atoms with Gasteiger partial charge in [-0.1, -0.05) is 0 Å². The first-order chi connectivity index (χ1) is 12.0. The van der Waals surface area contributed by atoms with Crippen molar-refractivity contribution in [1.82, 2.24) is 9.21 Å². The molecule has 8 nitrogen and oxygen atoms in total. The molecule has 0 unspecified atom stereocenters. The zero-order valence-corrected chi connectivity index (χ0v) is 15.0. The Labute approximate surface area is 147 Å². The summed E-state index contributed by atoms with van der Waals surface area (Å²) in [5.41, 5.74) is 0.328. The first kappa shape index (κ1) is 18.1. The smallest absolute Gasteiger partial charge is 0.254 e. The maximum absolute atomic E-state index is 13.0. The number of carbonyl (C=O) groups is 1. The molecule has 9 heteroatoms. The van der Waals surface area contributed by atoms with E-state index >= 15 is 0 Å². The van der Waals surface area contributed by atoms with Gasteiger partial charge < -0.3 is 19.1 Å². The number of nitrogens with zero attached hydrogens (tertiary/aromatic N) is 2. The van der Waals surface area contributed by atoms with Gasteiger partial charge in [0, 0.05) is 31.7 Å². The van der Waals surface area contributed by atoms with Crippen LogP contribution >= 0.6 is 0 Å². The molecular formula is C16H22N2O6S. The molecule has 2 heterocycles. The van der Waals surface area contributed by atoms with Crippen LogP contribution in [0.3, 0.4) is 0 Å². The van der Waals surface area contributed by atoms with Crippen LogP contribution in [0.5, 0.6) is 5.75 Å². The fourth-order valence-electron chi connectivity index (χ4n) is 2.89. The number of rotatable bonds is 4. The van der Waals surface area contributed by atoms with Gasteiger partial charge in [-0.15, -0.1) is 0 Å². The highest BCUT2D eigenvalue weighted by Gasteiger charge is 2.30. The molecule has 1 amide bonds. The van der Waals surface area contributed by atoms with E-state index < -0.39 is 10.0 Å². The van der Waals surface area contributed by atoms with Crippen LogP contribution < -0.4 is 4.74 Å². The fraction of sp³-hybridized carbons (Fsp3) is 0.562. The lowest BCUT2D eigenvalue weighted by atomic mass is 10.2. The summed E-state index contributed by atoms with van der Waals surface area (Å²) in [5.74, 6) is 0.0226. The molecule has 0 spiro atoms. The summed E-state index contributed by atoms with van der Waals surface area (Å²) < 4.78 is 43.0. The number of carbonyl (C=O) groups excluding carboxylic acids is 1. The highest BCUT2D eigenvalue weighted by molar-refractivity contribution is 7.89. The maximum Gasteiger partial charge on any atom is 0.254 e. The standard InChI is InChI=1S/C16H22N2O6S/c1-22-14-3-2-13(16(19)17-4-8-23-9-5-17)12-15(14)25(20,21)18-6-10-24-11-7-18/h2-3,12H,4-11H2,1H3. The zero-order valence-electron chi connectivity index (χ0n) is 14.1. The van der Waals surface area contributed by atoms with Gasteiger partial charge in [0.1, 0.15) is 10.6 Å². The normalized spacial score (nSPS) is 19.6. The van der Waals surface area contributed by atoms with Gasteiger partial charge in [0.2, 0.25) is 10.0 Å². The van der Waals surface area contributed by atoms with Gasteiger partial charge in [0.25, 0.3) is 5.91 Å². The molecule has 0 N–H and O–H groups in total. The third kappa shape index (κ3) is 3.79. The molecule has 3 rings (SSSR count). The molecule has 25 heavy (non-hydrogen) atoms. The van der Waals surface area contributed by atoms with Crippen molar-refractivity contribution in [3.8, 4) is 5.75 Å². The molecular weight excluding hydrogens is 348 g/mol. The molecule has 1 aromatic carbocycles. The van der Waals surface area contributed by atoms with Crippen LogP contribution in [0.1, 0.15) is 10.4 Å². The molecule has 0 bridgehead atoms. The van der Waals surface area contributed by atoms with Crippen LogP contribution in [0, 0.1) is 0 Å². The van der Waals surface area contributed by atoms with E-state index in [1.54, 1.807) is 11.0 Å². The van der Waals surface area contributed by atoms with Crippen molar-refractivity contribution in [2.45, 2.75) is 4.90 Å². The lowest BCUT2D eigenvalue weighted by Gasteiger charge is -2.28. The maximum atomic E-state index is 13.0. The van der Waals surface area contributed by atoms with E-state index in [0.29, 0.717) is 45.1 Å². The lowest BCUT2D eigenvalue weighted by molar-refractivity contribution is 0.0302. The zero-order chi connectivity index (χ0) is 17.9. The van der Waals surface area contributed by atoms with Crippen LogP contribution in [0.4, 0.5) is 0 Å². The van der Waals surface area contributed by atoms with Gasteiger partial charge in [0.05, 0.1) is 33.5 Å². The average Bonchev–Trinajstić information content (AvgIpc) is 2.68. The number of amides is 1. The van der Waals surface area contributed by atoms with E-state index in [4.69, 9.17) is 14.2 Å². The summed E-state index contributed by atoms with van der Waals surface area (Å²) in [5, 5.41) is 0. The predicted octanol–water partition coefficient (Wildman–Crippen LogP) is 0.189. The topological polar surface area (TPSA) is 85.4 Å². The number of hydrogen-bond donors (Lipinski definition) is 0. The van der Waals surface area contributed by atoms with Gasteiger partial charge in [-0.2, -0.15) is 4.31 Å². The van der Waals surface area contributed by atoms with E-state index in [1.807, 2.05) is 0 Å². The van der Waals surface area contributed by atoms with Crippen molar-refractivity contribution in [2.75, 3.05) is 59.7 Å². The monoisotopic (exact) mass is 370 g/mol. The predicted molar refractivity (Wildman–Crippen MR) is 89.3 cm³/mol. The Morgan fingerprint density at radius 1 is 1.04 bits per heavy atom. The summed E-state index contributed by atoms with van der Waals surface area (Å²) >= 11 is 0. The van der Waals surface area contributed by atoms with Gasteiger partial charge in [0.15, 0.2) is 0 Å². The van der Waals surface area contributed by atoms with E-state index in [1.165, 1.54) is 23.5 Å². The van der Waals surface area contributed by atoms with Gasteiger partial charge >= 0.3 is 0 Å². The van der Waals surface area contributed by atoms with Gasteiger partial charge in [-0.25, -0.2) is 8.42 Å². The van der Waals surface area contributed by atoms with Crippen molar-refractivity contribution in [2.24, 2.45) is 0 Å². The number of methoxy groups -OCH3 is 1. The van der Waals surface area contributed by atoms with Crippen molar-refractivity contribution in [3.05, 3.63) is 23.8 Å². The van der Waals surface area contributed by atoms with E-state index in [-0.39, 0.29) is 29.6 Å². The third-order valence-electron chi connectivity index (χ3n) is 4.30. The van der Waals surface area contributed by atoms with Crippen molar-refractivity contribution < 1.29 is 27.4 Å². The minimum Gasteiger partial charge on any atom is -0.495 e. The van der Waals surface area contributed by atoms with E-state index in [2.05, 4.69) is 0 Å². The number of morpholine rings is 2. The quantitative estimate of drug-likeness (QED) is 0.752. The average molecular weight is 370 g/mol. The number of sulfonamides is 1. The fourth-order valence-corrected chi connectivity index (χ4v) is 4.48. The first-order valence-corrected chi connectivity index (χ1v) is 9.61. The molecule has 0 radical (unpaired) electrons. The minimum absolute atomic E-state index is 0.0102. The second-order valence-corrected chi connectivity index (χ2v) is 7.69. The van der Waals surface area contributed by atoms with E-state index in [9.17, 15) is 13.2 Å². The highest BCUT2D eigenvalue weighted by Crippen LogP contribution is 2.29. The highest BCUT2D eigenvalue weighted by atomic mass is 32.2. The summed E-state index contributed by atoms with van der Waals surface area (Å²) in [4.78, 5) is 14.3. The Kier molecular flexibility index (Phi) is 5.57. The second-order valence-electron chi connectivity index (χ2n) is 5.79. The molecule has 0 aromatic heterocycles. The van der Waals surface area contributed by atoms with Gasteiger partial charge in [-0.3, -0.25) is 4.79 Å². The van der Waals surface area contributed by atoms with E-state index in [0.717, 1.165) is 0 Å². The largest absolute Gasteiger partial charge is 0.495 e. The number of hydrogen-bond acceptors (Lipinski definition) is 6. The van der Waals surface area contributed by atoms with Crippen LogP contribution in [0.2, 0.25) is 0 Å². The number of ether oxygens (including phenoxy) is 3. The summed E-state index contributed by atoms with van der Waals surface area (Å²) in [6, 6.07) is 4.53. The van der Waals surface area contributed by atoms with Crippen LogP contribution in [-0.2, 0) is 19.5 Å². The summed E-state index contributed by atoms with van der Waals surface area (Å²) in [6.45, 7) is 3.25. The SMILES string of the molecule is COc1ccc(C(=O)N2CCOCC2)cc1S(=O)(=O)N1CCOCC1. The summed E-state index contributed by atoms with van der Waals surface area (Å²) in [6.07, 6.45) is 0. The van der Waals surface area contributed by atoms with Gasteiger partial charge in [-0.05, 0) is 18.2 Å². The lowest BCUT2D eigenvalue weighted by Crippen LogP contribution is -2.41. The molecule has 0 aliphatic carbocycles. The molecule has 138 valence electrons. The van der Waals surface area contributed by atoms with Crippen molar-refractivity contribution in [1.29, 1.82) is 0 Å². The van der Waals surface area contributed by atoms with Crippen molar-refractivity contribution in [3.63, 3.8) is 0 Å². The van der Waals surface area contributed by atoms with Crippen LogP contribution in [-0.4, -0.2) is 83.2 Å². The Balaban J connectivity index is 1.93. The van der Waals surface area contributed by atoms with Crippen LogP contribution in [0.25, 0.3) is 0 Å². The Morgan fingerprint density at radius 3 is 2.24 bits per heavy atom.